The van der Waals surface area contributed by atoms with Crippen LogP contribution < -0.4 is 4.74 Å². The highest BCUT2D eigenvalue weighted by Crippen LogP contribution is 2.43. The Kier molecular flexibility index (Phi) is 5.83. The van der Waals surface area contributed by atoms with E-state index in [0.29, 0.717) is 18.8 Å². The lowest BCUT2D eigenvalue weighted by molar-refractivity contribution is -0.113. The van der Waals surface area contributed by atoms with Crippen LogP contribution in [0, 0.1) is 0 Å². The third kappa shape index (κ3) is 3.58. The first kappa shape index (κ1) is 20.1. The summed E-state index contributed by atoms with van der Waals surface area (Å²) in [5.74, 6) is 0.664. The number of aromatic nitrogens is 2. The van der Waals surface area contributed by atoms with Crippen molar-refractivity contribution in [3.63, 3.8) is 0 Å². The standard InChI is InChI=1S/C23H25N3O4/c1-4-30-17-12-10-16(11-13-17)22-19-20(15-8-6-5-7-9-15)24-25-21(19)23(27)26(22)14-18(28-2)29-3/h5-13,18,22H,4,14H2,1-3H3,(H,24,25). The maximum Gasteiger partial charge on any atom is 0.273 e. The molecule has 1 unspecified atom stereocenters. The van der Waals surface area contributed by atoms with Crippen molar-refractivity contribution in [2.45, 2.75) is 19.3 Å². The molecule has 7 heteroatoms. The van der Waals surface area contributed by atoms with Gasteiger partial charge in [0.25, 0.3) is 5.91 Å². The van der Waals surface area contributed by atoms with Crippen molar-refractivity contribution < 1.29 is 19.0 Å². The predicted octanol–water partition coefficient (Wildman–Crippen LogP) is 3.64. The number of carbonyl (C=O) groups excluding carboxylic acids is 1. The monoisotopic (exact) mass is 407 g/mol. The van der Waals surface area contributed by atoms with Crippen molar-refractivity contribution in [2.24, 2.45) is 0 Å². The van der Waals surface area contributed by atoms with Crippen LogP contribution in [0.5, 0.6) is 5.75 Å². The van der Waals surface area contributed by atoms with Gasteiger partial charge < -0.3 is 19.1 Å². The van der Waals surface area contributed by atoms with E-state index in [4.69, 9.17) is 14.2 Å². The van der Waals surface area contributed by atoms with E-state index in [-0.39, 0.29) is 11.9 Å². The Morgan fingerprint density at radius 2 is 1.77 bits per heavy atom. The minimum Gasteiger partial charge on any atom is -0.494 e. The summed E-state index contributed by atoms with van der Waals surface area (Å²) in [5, 5.41) is 7.43. The summed E-state index contributed by atoms with van der Waals surface area (Å²) in [4.78, 5) is 15.0. The van der Waals surface area contributed by atoms with Gasteiger partial charge >= 0.3 is 0 Å². The van der Waals surface area contributed by atoms with E-state index in [1.807, 2.05) is 61.5 Å². The van der Waals surface area contributed by atoms with Gasteiger partial charge in [-0.25, -0.2) is 0 Å². The van der Waals surface area contributed by atoms with Gasteiger partial charge in [0, 0.05) is 25.3 Å². The lowest BCUT2D eigenvalue weighted by Gasteiger charge is -2.29. The zero-order valence-electron chi connectivity index (χ0n) is 17.3. The zero-order valence-corrected chi connectivity index (χ0v) is 17.3. The van der Waals surface area contributed by atoms with Crippen LogP contribution >= 0.6 is 0 Å². The van der Waals surface area contributed by atoms with E-state index in [1.165, 1.54) is 0 Å². The topological polar surface area (TPSA) is 76.7 Å². The Hall–Kier alpha value is -3.16. The number of aromatic amines is 1. The van der Waals surface area contributed by atoms with Gasteiger partial charge in [0.2, 0.25) is 0 Å². The Balaban J connectivity index is 1.80. The molecule has 2 heterocycles. The molecule has 2 aromatic carbocycles. The van der Waals surface area contributed by atoms with Crippen LogP contribution in [0.4, 0.5) is 0 Å². The van der Waals surface area contributed by atoms with Gasteiger partial charge in [-0.05, 0) is 24.6 Å². The molecule has 0 saturated carbocycles. The number of hydrogen-bond acceptors (Lipinski definition) is 5. The maximum atomic E-state index is 13.3. The molecule has 0 saturated heterocycles. The van der Waals surface area contributed by atoms with Crippen molar-refractivity contribution in [1.82, 2.24) is 15.1 Å². The van der Waals surface area contributed by atoms with E-state index >= 15 is 0 Å². The molecule has 0 fully saturated rings. The van der Waals surface area contributed by atoms with E-state index in [9.17, 15) is 4.79 Å². The highest BCUT2D eigenvalue weighted by molar-refractivity contribution is 6.00. The number of nitrogens with one attached hydrogen (secondary N) is 1. The molecule has 0 bridgehead atoms. The average Bonchev–Trinajstić information content (AvgIpc) is 3.32. The Morgan fingerprint density at radius 3 is 2.40 bits per heavy atom. The maximum absolute atomic E-state index is 13.3. The van der Waals surface area contributed by atoms with Crippen LogP contribution in [0.1, 0.15) is 34.6 Å². The number of ether oxygens (including phenoxy) is 3. The Bertz CT molecular complexity index is 997. The smallest absolute Gasteiger partial charge is 0.273 e. The van der Waals surface area contributed by atoms with Gasteiger partial charge in [-0.3, -0.25) is 9.89 Å². The van der Waals surface area contributed by atoms with E-state index in [0.717, 1.165) is 28.1 Å². The Morgan fingerprint density at radius 1 is 1.07 bits per heavy atom. The molecular weight excluding hydrogens is 382 g/mol. The largest absolute Gasteiger partial charge is 0.494 e. The SMILES string of the molecule is CCOc1ccc(C2c3c(-c4ccccc4)n[nH]c3C(=O)N2CC(OC)OC)cc1. The number of hydrogen-bond donors (Lipinski definition) is 1. The van der Waals surface area contributed by atoms with Crippen LogP contribution in [-0.2, 0) is 9.47 Å². The number of carbonyl (C=O) groups is 1. The fourth-order valence-electron chi connectivity index (χ4n) is 3.87. The molecule has 0 radical (unpaired) electrons. The highest BCUT2D eigenvalue weighted by Gasteiger charge is 2.43. The van der Waals surface area contributed by atoms with Crippen LogP contribution in [-0.4, -0.2) is 54.7 Å². The van der Waals surface area contributed by atoms with E-state index < -0.39 is 6.29 Å². The summed E-state index contributed by atoms with van der Waals surface area (Å²) in [6.07, 6.45) is -0.531. The van der Waals surface area contributed by atoms with Gasteiger partial charge in [0.05, 0.1) is 24.9 Å². The second-order valence-corrected chi connectivity index (χ2v) is 6.99. The van der Waals surface area contributed by atoms with Crippen molar-refractivity contribution in [3.05, 3.63) is 71.4 Å². The lowest BCUT2D eigenvalue weighted by atomic mass is 9.96. The molecule has 1 aliphatic rings. The van der Waals surface area contributed by atoms with Crippen molar-refractivity contribution in [1.29, 1.82) is 0 Å². The number of nitrogens with zero attached hydrogens (tertiary/aromatic N) is 2. The quantitative estimate of drug-likeness (QED) is 0.577. The number of rotatable bonds is 8. The third-order valence-corrected chi connectivity index (χ3v) is 5.29. The molecule has 1 aromatic heterocycles. The fraction of sp³-hybridized carbons (Fsp3) is 0.304. The normalized spacial score (nSPS) is 15.7. The van der Waals surface area contributed by atoms with Crippen LogP contribution in [0.2, 0.25) is 0 Å². The summed E-state index contributed by atoms with van der Waals surface area (Å²) in [7, 11) is 3.13. The number of methoxy groups -OCH3 is 2. The average molecular weight is 407 g/mol. The molecule has 0 aliphatic carbocycles. The summed E-state index contributed by atoms with van der Waals surface area (Å²) in [6, 6.07) is 17.4. The fourth-order valence-corrected chi connectivity index (χ4v) is 3.87. The Labute approximate surface area is 175 Å². The molecule has 1 aliphatic heterocycles. The predicted molar refractivity (Wildman–Crippen MR) is 112 cm³/mol. The summed E-state index contributed by atoms with van der Waals surface area (Å²) in [5.41, 5.74) is 4.05. The zero-order chi connectivity index (χ0) is 21.1. The highest BCUT2D eigenvalue weighted by atomic mass is 16.7. The summed E-state index contributed by atoms with van der Waals surface area (Å²) < 4.78 is 16.3. The third-order valence-electron chi connectivity index (χ3n) is 5.29. The first-order chi connectivity index (χ1) is 14.7. The van der Waals surface area contributed by atoms with Crippen LogP contribution in [0.15, 0.2) is 54.6 Å². The molecule has 7 nitrogen and oxygen atoms in total. The van der Waals surface area contributed by atoms with Gasteiger partial charge in [0.15, 0.2) is 6.29 Å². The number of fused-ring (bicyclic) bond motifs is 1. The first-order valence-corrected chi connectivity index (χ1v) is 9.90. The number of H-pyrrole nitrogens is 1. The first-order valence-electron chi connectivity index (χ1n) is 9.90. The van der Waals surface area contributed by atoms with Gasteiger partial charge in [0.1, 0.15) is 11.4 Å². The molecule has 156 valence electrons. The molecule has 1 N–H and O–H groups in total. The van der Waals surface area contributed by atoms with Crippen LogP contribution in [0.25, 0.3) is 11.3 Å². The molecule has 0 spiro atoms. The molecule has 30 heavy (non-hydrogen) atoms. The summed E-state index contributed by atoms with van der Waals surface area (Å²) in [6.45, 7) is 2.84. The van der Waals surface area contributed by atoms with Gasteiger partial charge in [-0.15, -0.1) is 0 Å². The molecule has 1 atom stereocenters. The van der Waals surface area contributed by atoms with Crippen molar-refractivity contribution in [2.75, 3.05) is 27.4 Å². The number of amides is 1. The van der Waals surface area contributed by atoms with Gasteiger partial charge in [-0.2, -0.15) is 5.10 Å². The van der Waals surface area contributed by atoms with Gasteiger partial charge in [-0.1, -0.05) is 42.5 Å². The molecular formula is C23H25N3O4. The summed E-state index contributed by atoms with van der Waals surface area (Å²) >= 11 is 0. The van der Waals surface area contributed by atoms with E-state index in [1.54, 1.807) is 19.1 Å². The number of benzene rings is 2. The minimum absolute atomic E-state index is 0.127. The van der Waals surface area contributed by atoms with Crippen LogP contribution in [0.3, 0.4) is 0 Å². The molecule has 1 amide bonds. The molecule has 3 aromatic rings. The second kappa shape index (κ2) is 8.69. The van der Waals surface area contributed by atoms with E-state index in [2.05, 4.69) is 10.2 Å². The van der Waals surface area contributed by atoms with Crippen molar-refractivity contribution >= 4 is 5.91 Å². The molecule has 4 rings (SSSR count). The minimum atomic E-state index is -0.531. The second-order valence-electron chi connectivity index (χ2n) is 6.99. The lowest BCUT2D eigenvalue weighted by Crippen LogP contribution is -2.38. The van der Waals surface area contributed by atoms with Crippen molar-refractivity contribution in [3.8, 4) is 17.0 Å².